The summed E-state index contributed by atoms with van der Waals surface area (Å²) in [6, 6.07) is 2.19. The minimum absolute atomic E-state index is 0.0427. The largest absolute Gasteiger partial charge is 0.342 e. The molecule has 1 saturated heterocycles. The average molecular weight is 333 g/mol. The normalized spacial score (nSPS) is 23.0. The molecule has 21 heavy (non-hydrogen) atoms. The van der Waals surface area contributed by atoms with Crippen molar-refractivity contribution < 1.29 is 14.0 Å². The number of hydrogen-bond donors (Lipinski definition) is 1. The molecule has 0 bridgehead atoms. The van der Waals surface area contributed by atoms with Crippen molar-refractivity contribution in [3.8, 4) is 0 Å². The molecule has 1 atom stereocenters. The topological polar surface area (TPSA) is 49.4 Å². The van der Waals surface area contributed by atoms with E-state index in [0.717, 1.165) is 12.1 Å². The van der Waals surface area contributed by atoms with E-state index in [1.807, 2.05) is 0 Å². The summed E-state index contributed by atoms with van der Waals surface area (Å²) in [7, 11) is 0. The molecule has 1 aromatic carbocycles. The molecule has 1 N–H and O–H groups in total. The summed E-state index contributed by atoms with van der Waals surface area (Å²) in [6.07, 6.45) is 0.551. The van der Waals surface area contributed by atoms with E-state index in [-0.39, 0.29) is 40.5 Å². The van der Waals surface area contributed by atoms with Gasteiger partial charge in [-0.15, -0.1) is 0 Å². The lowest BCUT2D eigenvalue weighted by Gasteiger charge is -2.32. The van der Waals surface area contributed by atoms with Gasteiger partial charge in [0.2, 0.25) is 5.91 Å². The van der Waals surface area contributed by atoms with Gasteiger partial charge in [-0.2, -0.15) is 0 Å². The van der Waals surface area contributed by atoms with Crippen molar-refractivity contribution in [1.29, 1.82) is 0 Å². The van der Waals surface area contributed by atoms with Crippen molar-refractivity contribution in [2.24, 2.45) is 0 Å². The van der Waals surface area contributed by atoms with E-state index < -0.39 is 11.4 Å². The van der Waals surface area contributed by atoms with Crippen LogP contribution in [0, 0.1) is 5.82 Å². The van der Waals surface area contributed by atoms with Crippen molar-refractivity contribution in [1.82, 2.24) is 5.32 Å². The lowest BCUT2D eigenvalue weighted by Crippen LogP contribution is -2.54. The second-order valence-corrected chi connectivity index (χ2v) is 5.97. The highest BCUT2D eigenvalue weighted by Gasteiger charge is 2.40. The quantitative estimate of drug-likeness (QED) is 0.904. The zero-order valence-electron chi connectivity index (χ0n) is 11.7. The van der Waals surface area contributed by atoms with E-state index in [4.69, 9.17) is 23.2 Å². The molecule has 1 fully saturated rings. The first-order valence-electron chi connectivity index (χ1n) is 6.56. The molecular formula is C14H15Cl2FN2O2. The monoisotopic (exact) mass is 332 g/mol. The predicted molar refractivity (Wildman–Crippen MR) is 80.2 cm³/mol. The molecule has 2 amide bonds. The van der Waals surface area contributed by atoms with Gasteiger partial charge in [0.15, 0.2) is 0 Å². The standard InChI is InChI=1S/C14H15Cl2FN2O2/c1-3-14(2)13(21)19(5-4-11(20)18-14)12-9(15)6-8(17)7-10(12)16/h6-7H,3-5H2,1-2H3,(H,18,20). The second kappa shape index (κ2) is 5.81. The van der Waals surface area contributed by atoms with E-state index in [2.05, 4.69) is 5.32 Å². The Kier molecular flexibility index (Phi) is 4.44. The number of carbonyl (C=O) groups excluding carboxylic acids is 2. The van der Waals surface area contributed by atoms with Crippen LogP contribution in [0.25, 0.3) is 0 Å². The van der Waals surface area contributed by atoms with Crippen LogP contribution in [0.1, 0.15) is 26.7 Å². The molecule has 1 unspecified atom stereocenters. The fourth-order valence-electron chi connectivity index (χ4n) is 2.28. The van der Waals surface area contributed by atoms with Crippen LogP contribution in [0.3, 0.4) is 0 Å². The summed E-state index contributed by atoms with van der Waals surface area (Å²) in [6.45, 7) is 3.60. The molecule has 4 nitrogen and oxygen atoms in total. The Morgan fingerprint density at radius 1 is 1.33 bits per heavy atom. The van der Waals surface area contributed by atoms with Crippen molar-refractivity contribution in [2.75, 3.05) is 11.4 Å². The van der Waals surface area contributed by atoms with Crippen LogP contribution >= 0.6 is 23.2 Å². The number of anilines is 1. The van der Waals surface area contributed by atoms with Crippen molar-refractivity contribution in [2.45, 2.75) is 32.2 Å². The van der Waals surface area contributed by atoms with Gasteiger partial charge in [-0.25, -0.2) is 4.39 Å². The third kappa shape index (κ3) is 2.99. The number of halogens is 3. The maximum absolute atomic E-state index is 13.3. The molecule has 114 valence electrons. The van der Waals surface area contributed by atoms with Gasteiger partial charge in [0.25, 0.3) is 5.91 Å². The highest BCUT2D eigenvalue weighted by molar-refractivity contribution is 6.40. The molecular weight excluding hydrogens is 318 g/mol. The molecule has 1 heterocycles. The number of carbonyl (C=O) groups is 2. The summed E-state index contributed by atoms with van der Waals surface area (Å²) in [5.41, 5.74) is -0.796. The van der Waals surface area contributed by atoms with Crippen LogP contribution in [0.15, 0.2) is 12.1 Å². The van der Waals surface area contributed by atoms with Crippen LogP contribution in [0.4, 0.5) is 10.1 Å². The zero-order chi connectivity index (χ0) is 15.8. The molecule has 1 aromatic rings. The van der Waals surface area contributed by atoms with E-state index in [1.165, 1.54) is 4.90 Å². The average Bonchev–Trinajstić information content (AvgIpc) is 2.49. The van der Waals surface area contributed by atoms with E-state index >= 15 is 0 Å². The Balaban J connectivity index is 2.52. The van der Waals surface area contributed by atoms with Gasteiger partial charge in [0.05, 0.1) is 15.7 Å². The highest BCUT2D eigenvalue weighted by atomic mass is 35.5. The van der Waals surface area contributed by atoms with Crippen LogP contribution in [-0.2, 0) is 9.59 Å². The molecule has 2 rings (SSSR count). The first-order chi connectivity index (χ1) is 9.78. The van der Waals surface area contributed by atoms with Gasteiger partial charge in [-0.3, -0.25) is 9.59 Å². The first kappa shape index (κ1) is 16.0. The van der Waals surface area contributed by atoms with Gasteiger partial charge in [-0.05, 0) is 25.5 Å². The van der Waals surface area contributed by atoms with Crippen molar-refractivity contribution >= 4 is 40.7 Å². The molecule has 0 saturated carbocycles. The minimum atomic E-state index is -1.03. The molecule has 1 aliphatic rings. The molecule has 0 aliphatic carbocycles. The van der Waals surface area contributed by atoms with Gasteiger partial charge < -0.3 is 10.2 Å². The maximum atomic E-state index is 13.3. The third-order valence-corrected chi connectivity index (χ3v) is 4.23. The Bertz CT molecular complexity index is 586. The van der Waals surface area contributed by atoms with Gasteiger partial charge in [0.1, 0.15) is 11.4 Å². The fourth-order valence-corrected chi connectivity index (χ4v) is 2.95. The smallest absolute Gasteiger partial charge is 0.252 e. The van der Waals surface area contributed by atoms with Crippen molar-refractivity contribution in [3.63, 3.8) is 0 Å². The number of hydrogen-bond acceptors (Lipinski definition) is 2. The predicted octanol–water partition coefficient (Wildman–Crippen LogP) is 3.15. The fraction of sp³-hybridized carbons (Fsp3) is 0.429. The summed E-state index contributed by atoms with van der Waals surface area (Å²) in [4.78, 5) is 25.9. The maximum Gasteiger partial charge on any atom is 0.252 e. The van der Waals surface area contributed by atoms with E-state index in [1.54, 1.807) is 13.8 Å². The Morgan fingerprint density at radius 3 is 2.43 bits per heavy atom. The van der Waals surface area contributed by atoms with Crippen LogP contribution in [0.2, 0.25) is 10.0 Å². The van der Waals surface area contributed by atoms with Crippen LogP contribution < -0.4 is 10.2 Å². The summed E-state index contributed by atoms with van der Waals surface area (Å²) >= 11 is 12.1. The number of nitrogens with one attached hydrogen (secondary N) is 1. The number of benzene rings is 1. The summed E-state index contributed by atoms with van der Waals surface area (Å²) in [5.74, 6) is -1.11. The molecule has 1 aliphatic heterocycles. The second-order valence-electron chi connectivity index (χ2n) is 5.16. The molecule has 7 heteroatoms. The van der Waals surface area contributed by atoms with E-state index in [0.29, 0.717) is 6.42 Å². The summed E-state index contributed by atoms with van der Waals surface area (Å²) < 4.78 is 13.3. The molecule has 0 radical (unpaired) electrons. The number of nitrogens with zero attached hydrogens (tertiary/aromatic N) is 1. The van der Waals surface area contributed by atoms with Crippen molar-refractivity contribution in [3.05, 3.63) is 28.0 Å². The highest BCUT2D eigenvalue weighted by Crippen LogP contribution is 2.36. The number of rotatable bonds is 2. The number of amides is 2. The van der Waals surface area contributed by atoms with Gasteiger partial charge >= 0.3 is 0 Å². The molecule has 0 aromatic heterocycles. The van der Waals surface area contributed by atoms with Gasteiger partial charge in [-0.1, -0.05) is 30.1 Å². The SMILES string of the molecule is CCC1(C)NC(=O)CCN(c2c(Cl)cc(F)cc2Cl)C1=O. The summed E-state index contributed by atoms with van der Waals surface area (Å²) in [5, 5.41) is 2.80. The van der Waals surface area contributed by atoms with Crippen LogP contribution in [-0.4, -0.2) is 23.9 Å². The lowest BCUT2D eigenvalue weighted by atomic mass is 9.97. The lowest BCUT2D eigenvalue weighted by molar-refractivity contribution is -0.129. The van der Waals surface area contributed by atoms with Crippen LogP contribution in [0.5, 0.6) is 0 Å². The zero-order valence-corrected chi connectivity index (χ0v) is 13.2. The Morgan fingerprint density at radius 2 is 1.90 bits per heavy atom. The third-order valence-electron chi connectivity index (χ3n) is 3.65. The first-order valence-corrected chi connectivity index (χ1v) is 7.31. The molecule has 0 spiro atoms. The minimum Gasteiger partial charge on any atom is -0.342 e. The Hall–Kier alpha value is -1.33. The Labute approximate surface area is 132 Å². The van der Waals surface area contributed by atoms with Gasteiger partial charge in [0, 0.05) is 13.0 Å². The van der Waals surface area contributed by atoms with E-state index in [9.17, 15) is 14.0 Å².